The van der Waals surface area contributed by atoms with Gasteiger partial charge in [-0.05, 0) is 45.6 Å². The first-order valence-electron chi connectivity index (χ1n) is 22.3. The zero-order valence-electron chi connectivity index (χ0n) is 35.0. The number of ketones is 1. The van der Waals surface area contributed by atoms with Crippen LogP contribution in [0.3, 0.4) is 0 Å². The maximum Gasteiger partial charge on any atom is 0.433 e. The minimum absolute atomic E-state index is 0.142. The molecule has 2 saturated heterocycles. The Morgan fingerprint density at radius 1 is 0.719 bits per heavy atom. The summed E-state index contributed by atoms with van der Waals surface area (Å²) >= 11 is 0. The molecule has 0 saturated carbocycles. The van der Waals surface area contributed by atoms with Crippen molar-refractivity contribution in [2.75, 3.05) is 18.5 Å². The number of fused-ring (bicyclic) bond motifs is 1. The number of carboxylic acids is 1. The van der Waals surface area contributed by atoms with Crippen LogP contribution in [0.4, 0.5) is 19.1 Å². The Kier molecular flexibility index (Phi) is 24.2. The summed E-state index contributed by atoms with van der Waals surface area (Å²) in [5, 5.41) is 11.6. The van der Waals surface area contributed by atoms with E-state index in [1.54, 1.807) is 13.8 Å². The Morgan fingerprint density at radius 3 is 1.67 bits per heavy atom. The molecule has 57 heavy (non-hydrogen) atoms. The topological polar surface area (TPSA) is 144 Å². The van der Waals surface area contributed by atoms with Gasteiger partial charge in [-0.2, -0.15) is 13.2 Å². The molecule has 0 spiro atoms. The van der Waals surface area contributed by atoms with Crippen LogP contribution in [0.1, 0.15) is 193 Å². The van der Waals surface area contributed by atoms with E-state index in [4.69, 9.17) is 19.3 Å². The lowest BCUT2D eigenvalue weighted by Crippen LogP contribution is -2.61. The fourth-order valence-electron chi connectivity index (χ4n) is 7.73. The molecule has 1 aromatic rings. The Hall–Kier alpha value is -2.39. The summed E-state index contributed by atoms with van der Waals surface area (Å²) in [5.74, 6) is -1.26. The molecule has 0 unspecified atom stereocenters. The first kappa shape index (κ1) is 49.0. The smallest absolute Gasteiger partial charge is 0.433 e. The van der Waals surface area contributed by atoms with Crippen LogP contribution >= 0.6 is 0 Å². The van der Waals surface area contributed by atoms with E-state index in [0.717, 1.165) is 83.0 Å². The number of Topliss-reactive ketones (excluding diaryl/α,β-unsaturated/α-hetero) is 1. The van der Waals surface area contributed by atoms with Crippen molar-refractivity contribution in [3.05, 3.63) is 18.0 Å². The maximum absolute atomic E-state index is 13.1. The fourth-order valence-corrected chi connectivity index (χ4v) is 7.73. The monoisotopic (exact) mass is 814 g/mol. The number of carbonyl (C=O) groups is 2. The number of rotatable bonds is 34. The van der Waals surface area contributed by atoms with Gasteiger partial charge in [-0.15, -0.1) is 0 Å². The number of nitrogens with one attached hydrogen (secondary N) is 3. The second-order valence-corrected chi connectivity index (χ2v) is 16.6. The molecular formula is C43H74F3N5O6. The van der Waals surface area contributed by atoms with Crippen LogP contribution in [0, 0.1) is 0 Å². The number of nitrogens with zero attached hydrogens (tertiary/aromatic N) is 2. The highest BCUT2D eigenvalue weighted by Gasteiger charge is 2.52. The summed E-state index contributed by atoms with van der Waals surface area (Å²) in [7, 11) is 0. The third-order valence-electron chi connectivity index (χ3n) is 10.9. The van der Waals surface area contributed by atoms with Crippen LogP contribution in [-0.2, 0) is 30.0 Å². The molecule has 3 heterocycles. The summed E-state index contributed by atoms with van der Waals surface area (Å²) in [4.78, 5) is 30.3. The number of hydrogen-bond donors (Lipinski definition) is 4. The van der Waals surface area contributed by atoms with Crippen LogP contribution in [0.5, 0.6) is 0 Å². The largest absolute Gasteiger partial charge is 0.481 e. The van der Waals surface area contributed by atoms with E-state index in [1.807, 2.05) is 0 Å². The molecule has 0 amide bonds. The van der Waals surface area contributed by atoms with Gasteiger partial charge < -0.3 is 24.6 Å². The number of halogens is 3. The third-order valence-corrected chi connectivity index (χ3v) is 10.9. The zero-order valence-corrected chi connectivity index (χ0v) is 35.0. The summed E-state index contributed by atoms with van der Waals surface area (Å²) in [6.07, 6.45) is 25.4. The Bertz CT molecular complexity index is 1240. The van der Waals surface area contributed by atoms with Gasteiger partial charge in [-0.3, -0.25) is 15.0 Å². The van der Waals surface area contributed by atoms with Crippen molar-refractivity contribution in [3.63, 3.8) is 0 Å². The van der Waals surface area contributed by atoms with E-state index in [1.165, 1.54) is 103 Å². The average Bonchev–Trinajstić information content (AvgIpc) is 3.50. The summed E-state index contributed by atoms with van der Waals surface area (Å²) in [6.45, 7) is 4.53. The van der Waals surface area contributed by atoms with E-state index in [0.29, 0.717) is 12.2 Å². The van der Waals surface area contributed by atoms with Crippen molar-refractivity contribution < 1.29 is 42.1 Å². The van der Waals surface area contributed by atoms with Gasteiger partial charge in [0.15, 0.2) is 5.79 Å². The van der Waals surface area contributed by atoms with Crippen molar-refractivity contribution in [2.45, 2.75) is 224 Å². The van der Waals surface area contributed by atoms with Gasteiger partial charge >= 0.3 is 12.1 Å². The van der Waals surface area contributed by atoms with Crippen molar-refractivity contribution in [1.29, 1.82) is 0 Å². The Labute approximate surface area is 340 Å². The first-order chi connectivity index (χ1) is 27.4. The number of aliphatic carboxylic acids is 1. The Balaban J connectivity index is 1.06. The molecule has 11 nitrogen and oxygen atoms in total. The number of alkyl halides is 3. The summed E-state index contributed by atoms with van der Waals surface area (Å²) in [6, 6.07) is 0.337. The highest BCUT2D eigenvalue weighted by Crippen LogP contribution is 2.36. The zero-order chi connectivity index (χ0) is 41.2. The molecule has 2 aliphatic rings. The normalized spacial score (nSPS) is 20.4. The van der Waals surface area contributed by atoms with Gasteiger partial charge in [-0.25, -0.2) is 15.4 Å². The second kappa shape index (κ2) is 28.1. The molecule has 3 rings (SSSR count). The highest BCUT2D eigenvalue weighted by atomic mass is 19.4. The molecule has 14 heteroatoms. The van der Waals surface area contributed by atoms with Gasteiger partial charge in [-0.1, -0.05) is 128 Å². The third kappa shape index (κ3) is 22.0. The fraction of sp³-hybridized carbons (Fsp3) is 0.860. The SMILES string of the molecule is CC1(C)O[C@@H]2[C@H](O1)[C@@H](Nc1nccc(C(F)(F)F)n1)CO[C@H]2NNCCCCCCCCCCCCC(=O)CCCCCCCCCCCCCCCCC(=O)O. The van der Waals surface area contributed by atoms with Crippen LogP contribution in [-0.4, -0.2) is 70.2 Å². The van der Waals surface area contributed by atoms with Crippen LogP contribution in [0.15, 0.2) is 12.3 Å². The van der Waals surface area contributed by atoms with E-state index in [-0.39, 0.29) is 12.6 Å². The van der Waals surface area contributed by atoms with E-state index in [2.05, 4.69) is 26.1 Å². The molecule has 0 bridgehead atoms. The number of carbonyl (C=O) groups excluding carboxylic acids is 1. The molecule has 4 N–H and O–H groups in total. The number of ether oxygens (including phenoxy) is 3. The molecule has 2 aliphatic heterocycles. The minimum atomic E-state index is -4.57. The number of unbranched alkanes of at least 4 members (excludes halogenated alkanes) is 22. The number of anilines is 1. The first-order valence-corrected chi connectivity index (χ1v) is 22.3. The van der Waals surface area contributed by atoms with E-state index >= 15 is 0 Å². The molecule has 4 atom stereocenters. The van der Waals surface area contributed by atoms with Crippen LogP contribution in [0.2, 0.25) is 0 Å². The molecule has 0 radical (unpaired) electrons. The van der Waals surface area contributed by atoms with Gasteiger partial charge in [0.25, 0.3) is 0 Å². The summed E-state index contributed by atoms with van der Waals surface area (Å²) < 4.78 is 57.6. The van der Waals surface area contributed by atoms with Crippen molar-refractivity contribution in [1.82, 2.24) is 20.8 Å². The van der Waals surface area contributed by atoms with E-state index in [9.17, 15) is 22.8 Å². The summed E-state index contributed by atoms with van der Waals surface area (Å²) in [5.41, 5.74) is 5.43. The molecule has 328 valence electrons. The number of carboxylic acid groups (broad SMARTS) is 1. The Morgan fingerprint density at radius 2 is 1.18 bits per heavy atom. The minimum Gasteiger partial charge on any atom is -0.481 e. The predicted molar refractivity (Wildman–Crippen MR) is 216 cm³/mol. The maximum atomic E-state index is 13.1. The molecule has 0 aliphatic carbocycles. The van der Waals surface area contributed by atoms with Crippen molar-refractivity contribution in [3.8, 4) is 0 Å². The van der Waals surface area contributed by atoms with Crippen molar-refractivity contribution in [2.24, 2.45) is 0 Å². The van der Waals surface area contributed by atoms with Gasteiger partial charge in [0, 0.05) is 32.0 Å². The number of hydrogen-bond acceptors (Lipinski definition) is 10. The number of hydrazine groups is 1. The molecule has 1 aromatic heterocycles. The lowest BCUT2D eigenvalue weighted by atomic mass is 10.0. The predicted octanol–water partition coefficient (Wildman–Crippen LogP) is 10.4. The van der Waals surface area contributed by atoms with Crippen LogP contribution in [0.25, 0.3) is 0 Å². The van der Waals surface area contributed by atoms with E-state index < -0.39 is 48.1 Å². The molecular weight excluding hydrogens is 739 g/mol. The van der Waals surface area contributed by atoms with Crippen LogP contribution < -0.4 is 16.2 Å². The van der Waals surface area contributed by atoms with Crippen molar-refractivity contribution >= 4 is 17.7 Å². The van der Waals surface area contributed by atoms with Gasteiger partial charge in [0.2, 0.25) is 5.95 Å². The molecule has 0 aromatic carbocycles. The van der Waals surface area contributed by atoms with Gasteiger partial charge in [0.1, 0.15) is 29.9 Å². The molecule has 2 fully saturated rings. The van der Waals surface area contributed by atoms with Gasteiger partial charge in [0.05, 0.1) is 12.6 Å². The lowest BCUT2D eigenvalue weighted by molar-refractivity contribution is -0.158. The quantitative estimate of drug-likeness (QED) is 0.0390. The second-order valence-electron chi connectivity index (χ2n) is 16.6. The highest BCUT2D eigenvalue weighted by molar-refractivity contribution is 5.78. The standard InChI is InChI=1S/C43H74F3N5O6/c1-42(2)56-38-35(49-41-47-32-30-36(50-41)43(44,45)46)33-55-40(39(38)57-42)51-48-31-26-22-18-14-10-9-12-16-20-24-28-34(52)27-23-19-15-11-7-5-3-4-6-8-13-17-21-25-29-37(53)54/h30,32,35,38-40,48,51H,3-29,31,33H2,1-2H3,(H,53,54)(H,47,49,50)/t35-,38+,39+,40+/m0/s1. The number of aromatic nitrogens is 2. The lowest BCUT2D eigenvalue weighted by Gasteiger charge is -2.37. The average molecular weight is 814 g/mol.